The van der Waals surface area contributed by atoms with E-state index >= 15 is 0 Å². The molecular weight excluding hydrogens is 354 g/mol. The van der Waals surface area contributed by atoms with Gasteiger partial charge in [-0.1, -0.05) is 6.92 Å². The average molecular weight is 377 g/mol. The molecule has 0 fully saturated rings. The number of β-amino-alcohol motifs (C(OH)–C–C–N with tert-alkyl or cyclic N) is 1. The van der Waals surface area contributed by atoms with Gasteiger partial charge >= 0.3 is 5.97 Å². The van der Waals surface area contributed by atoms with E-state index in [0.717, 1.165) is 0 Å². The van der Waals surface area contributed by atoms with Gasteiger partial charge in [0.05, 0.1) is 44.3 Å². The van der Waals surface area contributed by atoms with Crippen molar-refractivity contribution in [2.75, 3.05) is 44.5 Å². The standard InChI is InChI=1S/C18H23N3O6/c1-4-15(23)19-13-6-5-11(26-2)9-14(13)20-16-12(18(25)27-3)10-21(7-8-22)17(16)24/h5-6,9,20,22H,4,7-8,10H2,1-3H3,(H,19,23). The molecule has 0 unspecified atom stereocenters. The predicted octanol–water partition coefficient (Wildman–Crippen LogP) is 0.717. The molecule has 0 spiro atoms. The molecule has 27 heavy (non-hydrogen) atoms. The lowest BCUT2D eigenvalue weighted by molar-refractivity contribution is -0.136. The molecule has 0 aliphatic carbocycles. The first kappa shape index (κ1) is 20.2. The lowest BCUT2D eigenvalue weighted by Gasteiger charge is -2.17. The Morgan fingerprint density at radius 2 is 2.00 bits per heavy atom. The first-order valence-electron chi connectivity index (χ1n) is 8.41. The van der Waals surface area contributed by atoms with Crippen molar-refractivity contribution < 1.29 is 29.0 Å². The second-order valence-corrected chi connectivity index (χ2v) is 5.73. The van der Waals surface area contributed by atoms with Crippen LogP contribution in [0.5, 0.6) is 5.75 Å². The number of hydrogen-bond acceptors (Lipinski definition) is 7. The summed E-state index contributed by atoms with van der Waals surface area (Å²) in [6.45, 7) is 1.60. The van der Waals surface area contributed by atoms with Crippen molar-refractivity contribution in [2.24, 2.45) is 0 Å². The Hall–Kier alpha value is -3.07. The van der Waals surface area contributed by atoms with Crippen LogP contribution >= 0.6 is 0 Å². The van der Waals surface area contributed by atoms with Crippen LogP contribution in [-0.2, 0) is 19.1 Å². The number of anilines is 2. The molecule has 9 nitrogen and oxygen atoms in total. The van der Waals surface area contributed by atoms with Crippen LogP contribution in [0.1, 0.15) is 13.3 Å². The Morgan fingerprint density at radius 1 is 1.26 bits per heavy atom. The van der Waals surface area contributed by atoms with E-state index in [4.69, 9.17) is 14.6 Å². The average Bonchev–Trinajstić information content (AvgIpc) is 2.98. The van der Waals surface area contributed by atoms with E-state index in [1.165, 1.54) is 19.1 Å². The van der Waals surface area contributed by atoms with Gasteiger partial charge in [-0.05, 0) is 12.1 Å². The Labute approximate surface area is 156 Å². The van der Waals surface area contributed by atoms with Gasteiger partial charge in [0.15, 0.2) is 0 Å². The summed E-state index contributed by atoms with van der Waals surface area (Å²) >= 11 is 0. The summed E-state index contributed by atoms with van der Waals surface area (Å²) in [6.07, 6.45) is 0.283. The second kappa shape index (κ2) is 9.04. The number of carbonyl (C=O) groups is 3. The zero-order chi connectivity index (χ0) is 20.0. The number of ether oxygens (including phenoxy) is 2. The minimum absolute atomic E-state index is 0.0228. The number of benzene rings is 1. The van der Waals surface area contributed by atoms with Crippen molar-refractivity contribution in [3.05, 3.63) is 29.5 Å². The summed E-state index contributed by atoms with van der Waals surface area (Å²) in [4.78, 5) is 37.8. The molecule has 0 radical (unpaired) electrons. The number of rotatable bonds is 8. The fourth-order valence-corrected chi connectivity index (χ4v) is 2.58. The van der Waals surface area contributed by atoms with Gasteiger partial charge in [-0.25, -0.2) is 4.79 Å². The van der Waals surface area contributed by atoms with Gasteiger partial charge in [0.1, 0.15) is 11.4 Å². The Bertz CT molecular complexity index is 774. The summed E-state index contributed by atoms with van der Waals surface area (Å²) in [5.74, 6) is -0.789. The van der Waals surface area contributed by atoms with E-state index in [-0.39, 0.29) is 43.3 Å². The number of hydrogen-bond donors (Lipinski definition) is 3. The van der Waals surface area contributed by atoms with Gasteiger partial charge in [0.2, 0.25) is 5.91 Å². The maximum absolute atomic E-state index is 12.6. The molecule has 3 N–H and O–H groups in total. The van der Waals surface area contributed by atoms with Crippen LogP contribution in [0.25, 0.3) is 0 Å². The van der Waals surface area contributed by atoms with Gasteiger partial charge in [-0.2, -0.15) is 0 Å². The zero-order valence-corrected chi connectivity index (χ0v) is 15.5. The summed E-state index contributed by atoms with van der Waals surface area (Å²) in [5.41, 5.74) is 1.02. The molecular formula is C18H23N3O6. The molecule has 9 heteroatoms. The molecule has 0 atom stereocenters. The minimum atomic E-state index is -0.645. The fourth-order valence-electron chi connectivity index (χ4n) is 2.58. The van der Waals surface area contributed by atoms with Crippen LogP contribution < -0.4 is 15.4 Å². The monoisotopic (exact) mass is 377 g/mol. The lowest BCUT2D eigenvalue weighted by Crippen LogP contribution is -2.31. The van der Waals surface area contributed by atoms with Crippen molar-refractivity contribution in [3.8, 4) is 5.75 Å². The second-order valence-electron chi connectivity index (χ2n) is 5.73. The van der Waals surface area contributed by atoms with Crippen LogP contribution in [0, 0.1) is 0 Å². The molecule has 0 saturated heterocycles. The summed E-state index contributed by atoms with van der Waals surface area (Å²) in [6, 6.07) is 4.91. The van der Waals surface area contributed by atoms with E-state index in [9.17, 15) is 14.4 Å². The zero-order valence-electron chi connectivity index (χ0n) is 15.5. The molecule has 2 amide bonds. The maximum atomic E-state index is 12.6. The van der Waals surface area contributed by atoms with Crippen LogP contribution in [0.15, 0.2) is 29.5 Å². The molecule has 0 saturated carbocycles. The highest BCUT2D eigenvalue weighted by molar-refractivity contribution is 6.09. The Morgan fingerprint density at radius 3 is 2.59 bits per heavy atom. The number of carbonyl (C=O) groups excluding carboxylic acids is 3. The molecule has 146 valence electrons. The van der Waals surface area contributed by atoms with Gasteiger partial charge < -0.3 is 30.1 Å². The van der Waals surface area contributed by atoms with Crippen molar-refractivity contribution in [3.63, 3.8) is 0 Å². The summed E-state index contributed by atoms with van der Waals surface area (Å²) in [7, 11) is 2.72. The highest BCUT2D eigenvalue weighted by Gasteiger charge is 2.34. The first-order chi connectivity index (χ1) is 12.9. The number of nitrogens with zero attached hydrogens (tertiary/aromatic N) is 1. The summed E-state index contributed by atoms with van der Waals surface area (Å²) in [5, 5.41) is 14.8. The molecule has 1 aliphatic rings. The normalized spacial score (nSPS) is 13.6. The van der Waals surface area contributed by atoms with Crippen molar-refractivity contribution in [2.45, 2.75) is 13.3 Å². The Kier molecular flexibility index (Phi) is 6.78. The lowest BCUT2D eigenvalue weighted by atomic mass is 10.2. The van der Waals surface area contributed by atoms with E-state index in [1.54, 1.807) is 25.1 Å². The van der Waals surface area contributed by atoms with Crippen molar-refractivity contribution in [1.82, 2.24) is 4.90 Å². The quantitative estimate of drug-likeness (QED) is 0.571. The third kappa shape index (κ3) is 4.56. The SMILES string of the molecule is CCC(=O)Nc1ccc(OC)cc1NC1=C(C(=O)OC)CN(CCO)C1=O. The third-order valence-electron chi connectivity index (χ3n) is 4.04. The van der Waals surface area contributed by atoms with E-state index in [0.29, 0.717) is 17.1 Å². The van der Waals surface area contributed by atoms with E-state index in [2.05, 4.69) is 10.6 Å². The van der Waals surface area contributed by atoms with Gasteiger partial charge in [0.25, 0.3) is 5.91 Å². The molecule has 1 aromatic rings. The topological polar surface area (TPSA) is 117 Å². The van der Waals surface area contributed by atoms with Crippen molar-refractivity contribution in [1.29, 1.82) is 0 Å². The predicted molar refractivity (Wildman–Crippen MR) is 98.2 cm³/mol. The fraction of sp³-hybridized carbons (Fsp3) is 0.389. The largest absolute Gasteiger partial charge is 0.497 e. The smallest absolute Gasteiger partial charge is 0.337 e. The number of aliphatic hydroxyl groups excluding tert-OH is 1. The first-order valence-corrected chi connectivity index (χ1v) is 8.41. The number of amides is 2. The van der Waals surface area contributed by atoms with Crippen LogP contribution in [0.2, 0.25) is 0 Å². The van der Waals surface area contributed by atoms with Gasteiger partial charge in [-0.15, -0.1) is 0 Å². The molecule has 2 rings (SSSR count). The van der Waals surface area contributed by atoms with Crippen LogP contribution in [0.4, 0.5) is 11.4 Å². The highest BCUT2D eigenvalue weighted by Crippen LogP contribution is 2.31. The molecule has 0 aromatic heterocycles. The van der Waals surface area contributed by atoms with Crippen LogP contribution in [0.3, 0.4) is 0 Å². The highest BCUT2D eigenvalue weighted by atomic mass is 16.5. The number of esters is 1. The number of methoxy groups -OCH3 is 2. The van der Waals surface area contributed by atoms with Crippen LogP contribution in [-0.4, -0.2) is 61.7 Å². The minimum Gasteiger partial charge on any atom is -0.497 e. The van der Waals surface area contributed by atoms with Crippen molar-refractivity contribution >= 4 is 29.2 Å². The maximum Gasteiger partial charge on any atom is 0.337 e. The third-order valence-corrected chi connectivity index (χ3v) is 4.04. The molecule has 1 aliphatic heterocycles. The van der Waals surface area contributed by atoms with Gasteiger partial charge in [-0.3, -0.25) is 9.59 Å². The molecule has 1 heterocycles. The van der Waals surface area contributed by atoms with Gasteiger partial charge in [0, 0.05) is 19.0 Å². The summed E-state index contributed by atoms with van der Waals surface area (Å²) < 4.78 is 9.96. The molecule has 0 bridgehead atoms. The Balaban J connectivity index is 2.43. The number of nitrogens with one attached hydrogen (secondary N) is 2. The number of aliphatic hydroxyl groups is 1. The molecule has 1 aromatic carbocycles. The van der Waals surface area contributed by atoms with E-state index < -0.39 is 11.9 Å². The van der Waals surface area contributed by atoms with E-state index in [1.807, 2.05) is 0 Å².